The monoisotopic (exact) mass is 399 g/mol. The molecule has 0 aliphatic rings. The Labute approximate surface area is 156 Å². The molecule has 0 saturated heterocycles. The van der Waals surface area contributed by atoms with E-state index in [0.29, 0.717) is 22.7 Å². The van der Waals surface area contributed by atoms with Crippen molar-refractivity contribution in [1.82, 2.24) is 9.97 Å². The fourth-order valence-electron chi connectivity index (χ4n) is 2.40. The van der Waals surface area contributed by atoms with Gasteiger partial charge >= 0.3 is 6.18 Å². The lowest BCUT2D eigenvalue weighted by atomic mass is 10.1. The van der Waals surface area contributed by atoms with Crippen molar-refractivity contribution in [2.75, 3.05) is 17.6 Å². The third-order valence-electron chi connectivity index (χ3n) is 3.70. The number of alkyl halides is 5. The minimum absolute atomic E-state index is 0.279. The highest BCUT2D eigenvalue weighted by Gasteiger charge is 2.32. The van der Waals surface area contributed by atoms with Crippen LogP contribution in [0.15, 0.2) is 59.8 Å². The number of fused-ring (bicyclic) bond motifs is 1. The molecule has 1 heterocycles. The van der Waals surface area contributed by atoms with Gasteiger partial charge in [0.1, 0.15) is 12.1 Å². The van der Waals surface area contributed by atoms with Crippen molar-refractivity contribution < 1.29 is 22.0 Å². The van der Waals surface area contributed by atoms with Crippen molar-refractivity contribution in [3.63, 3.8) is 0 Å². The first-order valence-corrected chi connectivity index (χ1v) is 8.85. The van der Waals surface area contributed by atoms with E-state index in [9.17, 15) is 22.0 Å². The summed E-state index contributed by atoms with van der Waals surface area (Å²) in [5.41, 5.74) is 0.342. The first-order chi connectivity index (χ1) is 12.7. The predicted molar refractivity (Wildman–Crippen MR) is 95.1 cm³/mol. The Morgan fingerprint density at radius 3 is 2.30 bits per heavy atom. The second-order valence-electron chi connectivity index (χ2n) is 5.73. The summed E-state index contributed by atoms with van der Waals surface area (Å²) >= 11 is 0.556. The van der Waals surface area contributed by atoms with Crippen LogP contribution in [0.4, 0.5) is 27.8 Å². The molecule has 9 heteroatoms. The molecule has 0 spiro atoms. The second kappa shape index (κ2) is 7.67. The lowest BCUT2D eigenvalue weighted by molar-refractivity contribution is -0.105. The van der Waals surface area contributed by atoms with Crippen molar-refractivity contribution in [3.8, 4) is 0 Å². The number of benzene rings is 2. The smallest absolute Gasteiger partial charge is 0.363 e. The highest BCUT2D eigenvalue weighted by Crippen LogP contribution is 2.32. The van der Waals surface area contributed by atoms with Crippen molar-refractivity contribution in [2.45, 2.75) is 17.0 Å². The van der Waals surface area contributed by atoms with E-state index < -0.39 is 24.4 Å². The molecule has 142 valence electrons. The highest BCUT2D eigenvalue weighted by atomic mass is 32.2. The maximum atomic E-state index is 14.5. The SMILES string of the molecule is FC(F)(F)CSc1ccc(C(F)(F)CNc2ncnc3ccccc23)cc1. The van der Waals surface area contributed by atoms with E-state index in [1.165, 1.54) is 18.5 Å². The third kappa shape index (κ3) is 5.06. The summed E-state index contributed by atoms with van der Waals surface area (Å²) < 4.78 is 65.6. The summed E-state index contributed by atoms with van der Waals surface area (Å²) in [7, 11) is 0. The van der Waals surface area contributed by atoms with Crippen LogP contribution in [0.5, 0.6) is 0 Å². The molecule has 0 fully saturated rings. The van der Waals surface area contributed by atoms with Crippen LogP contribution in [0.2, 0.25) is 0 Å². The van der Waals surface area contributed by atoms with E-state index in [4.69, 9.17) is 0 Å². The number of nitrogens with one attached hydrogen (secondary N) is 1. The largest absolute Gasteiger partial charge is 0.398 e. The molecule has 1 N–H and O–H groups in total. The molecule has 0 radical (unpaired) electrons. The van der Waals surface area contributed by atoms with Gasteiger partial charge in [0.15, 0.2) is 0 Å². The van der Waals surface area contributed by atoms with Gasteiger partial charge in [0, 0.05) is 15.8 Å². The van der Waals surface area contributed by atoms with Crippen LogP contribution >= 0.6 is 11.8 Å². The zero-order valence-electron chi connectivity index (χ0n) is 13.8. The molecular formula is C18H14F5N3S. The number of rotatable bonds is 6. The summed E-state index contributed by atoms with van der Waals surface area (Å²) in [6, 6.07) is 11.8. The van der Waals surface area contributed by atoms with Gasteiger partial charge in [0.25, 0.3) is 5.92 Å². The molecule has 0 aliphatic carbocycles. The van der Waals surface area contributed by atoms with Crippen LogP contribution in [0.3, 0.4) is 0 Å². The Hall–Kier alpha value is -2.42. The Morgan fingerprint density at radius 1 is 0.889 bits per heavy atom. The number of hydrogen-bond acceptors (Lipinski definition) is 4. The Balaban J connectivity index is 1.69. The van der Waals surface area contributed by atoms with E-state index in [1.807, 2.05) is 0 Å². The maximum absolute atomic E-state index is 14.5. The third-order valence-corrected chi connectivity index (χ3v) is 4.78. The number of aromatic nitrogens is 2. The number of halogens is 5. The second-order valence-corrected chi connectivity index (χ2v) is 6.77. The van der Waals surface area contributed by atoms with Gasteiger partial charge in [-0.2, -0.15) is 22.0 Å². The summed E-state index contributed by atoms with van der Waals surface area (Å²) in [4.78, 5) is 8.35. The number of para-hydroxylation sites is 1. The normalized spacial score (nSPS) is 12.3. The summed E-state index contributed by atoms with van der Waals surface area (Å²) in [5, 5.41) is 3.25. The topological polar surface area (TPSA) is 37.8 Å². The summed E-state index contributed by atoms with van der Waals surface area (Å²) in [5.74, 6) is -4.00. The summed E-state index contributed by atoms with van der Waals surface area (Å²) in [6.07, 6.45) is -3.02. The van der Waals surface area contributed by atoms with Crippen molar-refractivity contribution >= 4 is 28.5 Å². The summed E-state index contributed by atoms with van der Waals surface area (Å²) in [6.45, 7) is -0.705. The zero-order valence-corrected chi connectivity index (χ0v) is 14.6. The van der Waals surface area contributed by atoms with Crippen LogP contribution in [0.25, 0.3) is 10.9 Å². The van der Waals surface area contributed by atoms with Crippen molar-refractivity contribution in [3.05, 3.63) is 60.4 Å². The van der Waals surface area contributed by atoms with E-state index in [-0.39, 0.29) is 16.3 Å². The number of thioether (sulfide) groups is 1. The average Bonchev–Trinajstić information content (AvgIpc) is 2.64. The molecule has 3 rings (SSSR count). The molecule has 3 nitrogen and oxygen atoms in total. The Morgan fingerprint density at radius 2 is 1.59 bits per heavy atom. The fraction of sp³-hybridized carbons (Fsp3) is 0.222. The molecule has 1 aromatic heterocycles. The van der Waals surface area contributed by atoms with Crippen LogP contribution in [-0.2, 0) is 5.92 Å². The van der Waals surface area contributed by atoms with Gasteiger partial charge in [0.2, 0.25) is 0 Å². The zero-order chi connectivity index (χ0) is 19.5. The molecule has 27 heavy (non-hydrogen) atoms. The van der Waals surface area contributed by atoms with Crippen LogP contribution in [-0.4, -0.2) is 28.4 Å². The van der Waals surface area contributed by atoms with Crippen molar-refractivity contribution in [1.29, 1.82) is 0 Å². The van der Waals surface area contributed by atoms with Gasteiger partial charge in [-0.1, -0.05) is 24.3 Å². The number of hydrogen-bond donors (Lipinski definition) is 1. The molecule has 0 bridgehead atoms. The average molecular weight is 399 g/mol. The lowest BCUT2D eigenvalue weighted by Gasteiger charge is -2.18. The minimum Gasteiger partial charge on any atom is -0.363 e. The molecule has 3 aromatic rings. The Kier molecular flexibility index (Phi) is 5.50. The van der Waals surface area contributed by atoms with Gasteiger partial charge in [-0.15, -0.1) is 11.8 Å². The fourth-order valence-corrected chi connectivity index (χ4v) is 3.06. The first-order valence-electron chi connectivity index (χ1n) is 7.86. The van der Waals surface area contributed by atoms with Gasteiger partial charge in [-0.25, -0.2) is 9.97 Å². The number of nitrogens with zero attached hydrogens (tertiary/aromatic N) is 2. The maximum Gasteiger partial charge on any atom is 0.398 e. The highest BCUT2D eigenvalue weighted by molar-refractivity contribution is 7.99. The molecule has 2 aromatic carbocycles. The first kappa shape index (κ1) is 19.3. The van der Waals surface area contributed by atoms with Gasteiger partial charge in [-0.3, -0.25) is 0 Å². The van der Waals surface area contributed by atoms with Crippen molar-refractivity contribution in [2.24, 2.45) is 0 Å². The van der Waals surface area contributed by atoms with E-state index in [0.717, 1.165) is 12.1 Å². The molecular weight excluding hydrogens is 385 g/mol. The number of anilines is 1. The predicted octanol–water partition coefficient (Wildman–Crippen LogP) is 5.49. The molecule has 0 atom stereocenters. The van der Waals surface area contributed by atoms with Crippen LogP contribution < -0.4 is 5.32 Å². The van der Waals surface area contributed by atoms with Gasteiger partial charge in [-0.05, 0) is 24.3 Å². The minimum atomic E-state index is -4.31. The molecule has 0 unspecified atom stereocenters. The standard InChI is InChI=1S/C18H14F5N3S/c19-17(20,12-5-7-13(8-6-12)27-10-18(21,22)23)9-24-16-14-3-1-2-4-15(14)25-11-26-16/h1-8,11H,9-10H2,(H,24,25,26). The van der Waals surface area contributed by atoms with E-state index in [1.54, 1.807) is 24.3 Å². The lowest BCUT2D eigenvalue weighted by Crippen LogP contribution is -2.25. The van der Waals surface area contributed by atoms with E-state index >= 15 is 0 Å². The van der Waals surface area contributed by atoms with E-state index in [2.05, 4.69) is 15.3 Å². The Bertz CT molecular complexity index is 908. The molecule has 0 amide bonds. The van der Waals surface area contributed by atoms with Gasteiger partial charge < -0.3 is 5.32 Å². The quantitative estimate of drug-likeness (QED) is 0.440. The van der Waals surface area contributed by atoms with Crippen LogP contribution in [0.1, 0.15) is 5.56 Å². The molecule has 0 aliphatic heterocycles. The molecule has 0 saturated carbocycles. The van der Waals surface area contributed by atoms with Gasteiger partial charge in [0.05, 0.1) is 17.8 Å². The van der Waals surface area contributed by atoms with Crippen LogP contribution in [0, 0.1) is 0 Å².